The fourth-order valence-corrected chi connectivity index (χ4v) is 9.72. The third-order valence-corrected chi connectivity index (χ3v) is 12.6. The summed E-state index contributed by atoms with van der Waals surface area (Å²) >= 11 is 6.42. The van der Waals surface area contributed by atoms with Crippen molar-refractivity contribution < 1.29 is 27.4 Å². The predicted molar refractivity (Wildman–Crippen MR) is 170 cm³/mol. The van der Waals surface area contributed by atoms with E-state index in [2.05, 4.69) is 33.9 Å². The van der Waals surface area contributed by atoms with E-state index in [1.54, 1.807) is 13.2 Å². The summed E-state index contributed by atoms with van der Waals surface area (Å²) in [4.78, 5) is 15.7. The molecule has 2 bridgehead atoms. The Hall–Kier alpha value is -2.59. The molecule has 1 N–H and O–H groups in total. The van der Waals surface area contributed by atoms with E-state index in [0.29, 0.717) is 50.1 Å². The Labute approximate surface area is 265 Å². The van der Waals surface area contributed by atoms with E-state index in [9.17, 15) is 13.2 Å². The van der Waals surface area contributed by atoms with Gasteiger partial charge in [0.1, 0.15) is 5.75 Å². The minimum absolute atomic E-state index is 0.00153. The van der Waals surface area contributed by atoms with Crippen LogP contribution in [-0.2, 0) is 31.3 Å². The molecule has 2 heterocycles. The second-order valence-electron chi connectivity index (χ2n) is 13.3. The van der Waals surface area contributed by atoms with Crippen molar-refractivity contribution in [1.82, 2.24) is 4.72 Å². The Morgan fingerprint density at radius 1 is 1.14 bits per heavy atom. The number of amides is 1. The summed E-state index contributed by atoms with van der Waals surface area (Å²) in [7, 11) is -2.11. The largest absolute Gasteiger partial charge is 0.490 e. The number of allylic oxidation sites excluding steroid dienone is 1. The molecule has 2 aliphatic heterocycles. The molecule has 0 radical (unpaired) electrons. The molecular formula is C34H41ClN2O6S. The van der Waals surface area contributed by atoms with Crippen LogP contribution in [-0.4, -0.2) is 65.7 Å². The molecule has 2 aromatic carbocycles. The molecule has 0 saturated heterocycles. The van der Waals surface area contributed by atoms with Crippen LogP contribution in [0.25, 0.3) is 0 Å². The minimum Gasteiger partial charge on any atom is -0.490 e. The lowest BCUT2D eigenvalue weighted by Gasteiger charge is -2.46. The van der Waals surface area contributed by atoms with Gasteiger partial charge in [-0.2, -0.15) is 0 Å². The normalized spacial score (nSPS) is 33.0. The third kappa shape index (κ3) is 5.77. The molecule has 2 saturated carbocycles. The number of anilines is 1. The van der Waals surface area contributed by atoms with Crippen molar-refractivity contribution in [2.75, 3.05) is 44.9 Å². The lowest BCUT2D eigenvalue weighted by atomic mass is 9.68. The molecule has 44 heavy (non-hydrogen) atoms. The highest BCUT2D eigenvalue weighted by molar-refractivity contribution is 7.91. The zero-order valence-corrected chi connectivity index (χ0v) is 26.7. The Balaban J connectivity index is 1.28. The first kappa shape index (κ1) is 30.1. The number of sulfonamides is 1. The smallest absolute Gasteiger partial charge is 0.264 e. The maximum absolute atomic E-state index is 13.3. The van der Waals surface area contributed by atoms with Crippen molar-refractivity contribution in [2.45, 2.75) is 61.7 Å². The molecule has 1 spiro atoms. The van der Waals surface area contributed by atoms with Gasteiger partial charge in [0.15, 0.2) is 0 Å². The summed E-state index contributed by atoms with van der Waals surface area (Å²) in [6.45, 7) is 3.07. The number of benzene rings is 2. The zero-order valence-electron chi connectivity index (χ0n) is 25.2. The van der Waals surface area contributed by atoms with Crippen LogP contribution >= 0.6 is 11.6 Å². The number of methoxy groups -OCH3 is 1. The molecule has 0 aromatic heterocycles. The predicted octanol–water partition coefficient (Wildman–Crippen LogP) is 5.28. The van der Waals surface area contributed by atoms with Gasteiger partial charge in [-0.1, -0.05) is 29.8 Å². The van der Waals surface area contributed by atoms with E-state index in [1.807, 2.05) is 18.2 Å². The van der Waals surface area contributed by atoms with Crippen LogP contribution in [0.3, 0.4) is 0 Å². The van der Waals surface area contributed by atoms with Crippen molar-refractivity contribution in [2.24, 2.45) is 17.8 Å². The zero-order chi connectivity index (χ0) is 30.5. The first-order chi connectivity index (χ1) is 21.3. The van der Waals surface area contributed by atoms with E-state index in [-0.39, 0.29) is 17.4 Å². The number of carbonyl (C=O) groups excluding carboxylic acids is 1. The summed E-state index contributed by atoms with van der Waals surface area (Å²) in [5.41, 5.74) is 3.48. The number of nitrogens with zero attached hydrogens (tertiary/aromatic N) is 1. The first-order valence-corrected chi connectivity index (χ1v) is 17.8. The van der Waals surface area contributed by atoms with Gasteiger partial charge in [0.25, 0.3) is 5.91 Å². The second kappa shape index (κ2) is 12.0. The van der Waals surface area contributed by atoms with Crippen molar-refractivity contribution in [3.05, 3.63) is 70.3 Å². The molecule has 6 atom stereocenters. The van der Waals surface area contributed by atoms with Gasteiger partial charge in [0, 0.05) is 36.2 Å². The molecule has 3 aliphatic carbocycles. The van der Waals surface area contributed by atoms with E-state index in [4.69, 9.17) is 25.8 Å². The minimum atomic E-state index is -3.79. The van der Waals surface area contributed by atoms with Crippen LogP contribution in [0.2, 0.25) is 5.02 Å². The van der Waals surface area contributed by atoms with Crippen LogP contribution in [0.4, 0.5) is 5.69 Å². The highest BCUT2D eigenvalue weighted by atomic mass is 35.5. The Kier molecular flexibility index (Phi) is 8.18. The average Bonchev–Trinajstić information content (AvgIpc) is 3.79. The molecule has 10 heteroatoms. The number of halogens is 1. The van der Waals surface area contributed by atoms with Crippen molar-refractivity contribution in [3.63, 3.8) is 0 Å². The Morgan fingerprint density at radius 3 is 2.84 bits per heavy atom. The summed E-state index contributed by atoms with van der Waals surface area (Å²) in [5, 5.41) is 0.186. The van der Waals surface area contributed by atoms with Crippen molar-refractivity contribution in [3.8, 4) is 5.75 Å². The van der Waals surface area contributed by atoms with Gasteiger partial charge < -0.3 is 19.1 Å². The molecule has 2 aromatic rings. The van der Waals surface area contributed by atoms with Gasteiger partial charge >= 0.3 is 0 Å². The van der Waals surface area contributed by atoms with Gasteiger partial charge in [0.05, 0.1) is 36.9 Å². The molecule has 1 amide bonds. The van der Waals surface area contributed by atoms with E-state index < -0.39 is 21.2 Å². The van der Waals surface area contributed by atoms with Crippen LogP contribution in [0.1, 0.15) is 60.0 Å². The van der Waals surface area contributed by atoms with Gasteiger partial charge in [-0.05, 0) is 104 Å². The monoisotopic (exact) mass is 640 g/mol. The van der Waals surface area contributed by atoms with Crippen LogP contribution in [0, 0.1) is 17.8 Å². The summed E-state index contributed by atoms with van der Waals surface area (Å²) in [6, 6.07) is 11.6. The van der Waals surface area contributed by atoms with Gasteiger partial charge in [-0.25, -0.2) is 13.1 Å². The topological polar surface area (TPSA) is 94.2 Å². The van der Waals surface area contributed by atoms with E-state index in [0.717, 1.165) is 61.7 Å². The average molecular weight is 641 g/mol. The summed E-state index contributed by atoms with van der Waals surface area (Å²) in [5.74, 6) is 0.854. The number of fused-ring (bicyclic) bond motifs is 5. The second-order valence-corrected chi connectivity index (χ2v) is 15.6. The molecule has 7 rings (SSSR count). The lowest BCUT2D eigenvalue weighted by Crippen LogP contribution is -2.49. The maximum atomic E-state index is 13.3. The summed E-state index contributed by atoms with van der Waals surface area (Å²) < 4.78 is 46.9. The van der Waals surface area contributed by atoms with Crippen molar-refractivity contribution in [1.29, 1.82) is 0 Å². The standard InChI is InChI=1S/C34H41ClN2O6S/c1-41-14-15-42-30-6-2-4-23-18-32(23)44(39,40)36-33(38)24-8-12-31-29(17-24)37(19-25-7-10-27(25)30)20-34(21-43-31)13-3-5-22-16-26(35)9-11-28(22)34/h2,6,8-9,11-12,16-17,23,25,27,30,32H,3-5,7,10,13-15,18-21H2,1H3,(H,36,38)/b6-2-/t23-,25-,27+,30-,32-,34-/m0/s1. The van der Waals surface area contributed by atoms with E-state index in [1.165, 1.54) is 11.1 Å². The lowest BCUT2D eigenvalue weighted by molar-refractivity contribution is -0.0309. The number of carbonyl (C=O) groups is 1. The fraction of sp³-hybridized carbons (Fsp3) is 0.559. The first-order valence-electron chi connectivity index (χ1n) is 15.9. The van der Waals surface area contributed by atoms with Gasteiger partial charge in [-0.3, -0.25) is 4.79 Å². The quantitative estimate of drug-likeness (QED) is 0.359. The van der Waals surface area contributed by atoms with Crippen LogP contribution < -0.4 is 14.4 Å². The maximum Gasteiger partial charge on any atom is 0.264 e. The highest BCUT2D eigenvalue weighted by Gasteiger charge is 2.48. The van der Waals surface area contributed by atoms with E-state index >= 15 is 0 Å². The van der Waals surface area contributed by atoms with Crippen LogP contribution in [0.15, 0.2) is 48.6 Å². The summed E-state index contributed by atoms with van der Waals surface area (Å²) in [6.07, 6.45) is 10.5. The number of nitrogens with one attached hydrogen (secondary N) is 1. The molecular weight excluding hydrogens is 600 g/mol. The number of aryl methyl sites for hydroxylation is 1. The molecule has 2 fully saturated rings. The fourth-order valence-electron chi connectivity index (χ4n) is 7.88. The molecule has 5 aliphatic rings. The van der Waals surface area contributed by atoms with Crippen LogP contribution in [0.5, 0.6) is 5.75 Å². The Bertz CT molecular complexity index is 1560. The number of hydrogen-bond donors (Lipinski definition) is 1. The van der Waals surface area contributed by atoms with Gasteiger partial charge in [0.2, 0.25) is 10.0 Å². The molecule has 8 nitrogen and oxygen atoms in total. The number of ether oxygens (including phenoxy) is 3. The Morgan fingerprint density at radius 2 is 2.02 bits per heavy atom. The highest BCUT2D eigenvalue weighted by Crippen LogP contribution is 2.47. The molecule has 0 unspecified atom stereocenters. The number of rotatable bonds is 4. The SMILES string of the molecule is COCCO[C@H]1/C=C\C[C@H]2C[C@@H]2S(=O)(=O)NC(=O)c2ccc3c(c2)N(C[C@@H]2CC[C@H]21)C[C@@]1(CCCc2cc(Cl)ccc21)CO3. The van der Waals surface area contributed by atoms with Gasteiger partial charge in [-0.15, -0.1) is 0 Å². The van der Waals surface area contributed by atoms with Crippen molar-refractivity contribution >= 4 is 33.2 Å². The molecule has 236 valence electrons. The third-order valence-electron chi connectivity index (χ3n) is 10.5. The number of hydrogen-bond acceptors (Lipinski definition) is 7.